The Labute approximate surface area is 124 Å². The molecule has 108 valence electrons. The summed E-state index contributed by atoms with van der Waals surface area (Å²) in [5.41, 5.74) is 2.67. The van der Waals surface area contributed by atoms with E-state index in [0.717, 1.165) is 24.0 Å². The van der Waals surface area contributed by atoms with Gasteiger partial charge in [-0.15, -0.1) is 5.10 Å². The predicted octanol–water partition coefficient (Wildman–Crippen LogP) is 2.31. The number of thioether (sulfide) groups is 1. The van der Waals surface area contributed by atoms with Crippen LogP contribution in [0.25, 0.3) is 0 Å². The van der Waals surface area contributed by atoms with Gasteiger partial charge in [-0.25, -0.2) is 4.68 Å². The van der Waals surface area contributed by atoms with Gasteiger partial charge < -0.3 is 5.32 Å². The maximum Gasteiger partial charge on any atom is 0.209 e. The molecule has 2 rings (SSSR count). The third-order valence-electron chi connectivity index (χ3n) is 3.09. The maximum atomic E-state index is 4.07. The first-order chi connectivity index (χ1) is 9.70. The fourth-order valence-electron chi connectivity index (χ4n) is 1.80. The van der Waals surface area contributed by atoms with E-state index < -0.39 is 0 Å². The number of aromatic nitrogens is 4. The largest absolute Gasteiger partial charge is 0.318 e. The van der Waals surface area contributed by atoms with Gasteiger partial charge in [0.2, 0.25) is 5.16 Å². The van der Waals surface area contributed by atoms with Gasteiger partial charge in [0.1, 0.15) is 0 Å². The molecule has 0 unspecified atom stereocenters. The van der Waals surface area contributed by atoms with Crippen LogP contribution in [0.1, 0.15) is 30.9 Å². The molecule has 0 radical (unpaired) electrons. The number of nitrogens with zero attached hydrogens (tertiary/aromatic N) is 4. The summed E-state index contributed by atoms with van der Waals surface area (Å²) in [6, 6.07) is 8.77. The molecule has 0 saturated heterocycles. The molecule has 0 spiro atoms. The first-order valence-electron chi connectivity index (χ1n) is 6.83. The van der Waals surface area contributed by atoms with Crippen molar-refractivity contribution in [3.05, 3.63) is 35.4 Å². The topological polar surface area (TPSA) is 55.6 Å². The summed E-state index contributed by atoms with van der Waals surface area (Å²) in [5.74, 6) is 1.46. The monoisotopic (exact) mass is 291 g/mol. The standard InChI is InChI=1S/C14H21N5S/c1-11(2)13-6-4-12(5-7-13)10-20-14-16-17-18-19(14)9-8-15-3/h4-7,11,15H,8-10H2,1-3H3. The number of hydrogen-bond donors (Lipinski definition) is 1. The van der Waals surface area contributed by atoms with Crippen molar-refractivity contribution in [3.63, 3.8) is 0 Å². The summed E-state index contributed by atoms with van der Waals surface area (Å²) in [6.45, 7) is 6.07. The van der Waals surface area contributed by atoms with Crippen molar-refractivity contribution < 1.29 is 0 Å². The van der Waals surface area contributed by atoms with Crippen molar-refractivity contribution >= 4 is 11.8 Å². The van der Waals surface area contributed by atoms with E-state index >= 15 is 0 Å². The fraction of sp³-hybridized carbons (Fsp3) is 0.500. The van der Waals surface area contributed by atoms with E-state index in [1.54, 1.807) is 11.8 Å². The lowest BCUT2D eigenvalue weighted by atomic mass is 10.0. The van der Waals surface area contributed by atoms with E-state index in [2.05, 4.69) is 59.0 Å². The van der Waals surface area contributed by atoms with Gasteiger partial charge in [0.25, 0.3) is 0 Å². The Kier molecular flexibility index (Phi) is 5.55. The van der Waals surface area contributed by atoms with Crippen LogP contribution in [-0.4, -0.2) is 33.8 Å². The maximum absolute atomic E-state index is 4.07. The average molecular weight is 291 g/mol. The highest BCUT2D eigenvalue weighted by Crippen LogP contribution is 2.21. The molecule has 0 amide bonds. The molecule has 1 aromatic heterocycles. The van der Waals surface area contributed by atoms with Crippen molar-refractivity contribution in [1.29, 1.82) is 0 Å². The zero-order valence-electron chi connectivity index (χ0n) is 12.2. The highest BCUT2D eigenvalue weighted by Gasteiger charge is 2.07. The van der Waals surface area contributed by atoms with Gasteiger partial charge in [-0.3, -0.25) is 0 Å². The highest BCUT2D eigenvalue weighted by molar-refractivity contribution is 7.98. The quantitative estimate of drug-likeness (QED) is 0.793. The van der Waals surface area contributed by atoms with Gasteiger partial charge in [-0.1, -0.05) is 49.9 Å². The third kappa shape index (κ3) is 4.05. The molecule has 0 fully saturated rings. The molecule has 5 nitrogen and oxygen atoms in total. The van der Waals surface area contributed by atoms with Crippen molar-refractivity contribution in [2.75, 3.05) is 13.6 Å². The second-order valence-electron chi connectivity index (χ2n) is 4.97. The smallest absolute Gasteiger partial charge is 0.209 e. The first-order valence-corrected chi connectivity index (χ1v) is 7.81. The average Bonchev–Trinajstić information content (AvgIpc) is 2.90. The molecule has 2 aromatic rings. The van der Waals surface area contributed by atoms with Crippen LogP contribution in [0.2, 0.25) is 0 Å². The summed E-state index contributed by atoms with van der Waals surface area (Å²) in [6.07, 6.45) is 0. The number of likely N-dealkylation sites (N-methyl/N-ethyl adjacent to an activating group) is 1. The summed E-state index contributed by atoms with van der Waals surface area (Å²) in [4.78, 5) is 0. The molecule has 0 aliphatic rings. The Hall–Kier alpha value is -1.40. The molecule has 0 aliphatic heterocycles. The molecule has 0 aliphatic carbocycles. The molecular weight excluding hydrogens is 270 g/mol. The van der Waals surface area contributed by atoms with Crippen LogP contribution < -0.4 is 5.32 Å². The normalized spacial score (nSPS) is 11.2. The molecule has 20 heavy (non-hydrogen) atoms. The number of nitrogens with one attached hydrogen (secondary N) is 1. The lowest BCUT2D eigenvalue weighted by molar-refractivity contribution is 0.530. The number of rotatable bonds is 7. The van der Waals surface area contributed by atoms with Gasteiger partial charge in [-0.2, -0.15) is 0 Å². The van der Waals surface area contributed by atoms with Crippen LogP contribution in [0.3, 0.4) is 0 Å². The lowest BCUT2D eigenvalue weighted by Crippen LogP contribution is -2.16. The SMILES string of the molecule is CNCCn1nnnc1SCc1ccc(C(C)C)cc1. The van der Waals surface area contributed by atoms with Crippen LogP contribution >= 0.6 is 11.8 Å². The van der Waals surface area contributed by atoms with Crippen LogP contribution in [-0.2, 0) is 12.3 Å². The molecule has 0 atom stereocenters. The van der Waals surface area contributed by atoms with Crippen molar-refractivity contribution in [2.24, 2.45) is 0 Å². The van der Waals surface area contributed by atoms with Crippen LogP contribution in [0.4, 0.5) is 0 Å². The Balaban J connectivity index is 1.93. The summed E-state index contributed by atoms with van der Waals surface area (Å²) in [7, 11) is 1.92. The number of tetrazole rings is 1. The Morgan fingerprint density at radius 3 is 2.65 bits per heavy atom. The zero-order valence-corrected chi connectivity index (χ0v) is 13.0. The van der Waals surface area contributed by atoms with E-state index in [1.165, 1.54) is 11.1 Å². The van der Waals surface area contributed by atoms with E-state index in [-0.39, 0.29) is 0 Å². The summed E-state index contributed by atoms with van der Waals surface area (Å²) in [5, 5.41) is 15.8. The fourth-order valence-corrected chi connectivity index (χ4v) is 2.66. The molecule has 1 N–H and O–H groups in total. The Bertz CT molecular complexity index is 521. The molecule has 0 bridgehead atoms. The molecule has 0 saturated carbocycles. The minimum Gasteiger partial charge on any atom is -0.318 e. The van der Waals surface area contributed by atoms with E-state index in [4.69, 9.17) is 0 Å². The van der Waals surface area contributed by atoms with Crippen molar-refractivity contribution in [1.82, 2.24) is 25.5 Å². The van der Waals surface area contributed by atoms with Gasteiger partial charge in [-0.05, 0) is 34.5 Å². The highest BCUT2D eigenvalue weighted by atomic mass is 32.2. The predicted molar refractivity (Wildman–Crippen MR) is 81.8 cm³/mol. The van der Waals surface area contributed by atoms with Crippen LogP contribution in [0.5, 0.6) is 0 Å². The third-order valence-corrected chi connectivity index (χ3v) is 4.12. The van der Waals surface area contributed by atoms with Gasteiger partial charge >= 0.3 is 0 Å². The van der Waals surface area contributed by atoms with Crippen molar-refractivity contribution in [2.45, 2.75) is 37.2 Å². The Morgan fingerprint density at radius 1 is 1.25 bits per heavy atom. The lowest BCUT2D eigenvalue weighted by Gasteiger charge is -2.07. The van der Waals surface area contributed by atoms with Crippen molar-refractivity contribution in [3.8, 4) is 0 Å². The molecular formula is C14H21N5S. The minimum absolute atomic E-state index is 0.575. The second-order valence-corrected chi connectivity index (χ2v) is 5.92. The Morgan fingerprint density at radius 2 is 2.00 bits per heavy atom. The summed E-state index contributed by atoms with van der Waals surface area (Å²) >= 11 is 1.67. The van der Waals surface area contributed by atoms with Crippen LogP contribution in [0, 0.1) is 0 Å². The minimum atomic E-state index is 0.575. The van der Waals surface area contributed by atoms with Gasteiger partial charge in [0.05, 0.1) is 6.54 Å². The molecule has 6 heteroatoms. The zero-order chi connectivity index (χ0) is 14.4. The van der Waals surface area contributed by atoms with E-state index in [0.29, 0.717) is 5.92 Å². The summed E-state index contributed by atoms with van der Waals surface area (Å²) < 4.78 is 1.84. The van der Waals surface area contributed by atoms with Gasteiger partial charge in [0.15, 0.2) is 0 Å². The first kappa shape index (κ1) is 15.0. The van der Waals surface area contributed by atoms with Gasteiger partial charge in [0, 0.05) is 12.3 Å². The molecule has 1 aromatic carbocycles. The number of hydrogen-bond acceptors (Lipinski definition) is 5. The number of benzene rings is 1. The molecule has 1 heterocycles. The van der Waals surface area contributed by atoms with Crippen LogP contribution in [0.15, 0.2) is 29.4 Å². The van der Waals surface area contributed by atoms with E-state index in [1.807, 2.05) is 11.7 Å². The van der Waals surface area contributed by atoms with E-state index in [9.17, 15) is 0 Å². The second kappa shape index (κ2) is 7.40.